The molecule has 2 nitrogen and oxygen atoms in total. The third-order valence-electron chi connectivity index (χ3n) is 2.82. The van der Waals surface area contributed by atoms with Gasteiger partial charge in [-0.3, -0.25) is 0 Å². The summed E-state index contributed by atoms with van der Waals surface area (Å²) in [5.41, 5.74) is 1.17. The molecule has 75 valence electrons. The maximum absolute atomic E-state index is 5.72. The minimum Gasteiger partial charge on any atom is -0.382 e. The summed E-state index contributed by atoms with van der Waals surface area (Å²) in [6.45, 7) is 1.95. The largest absolute Gasteiger partial charge is 0.382 e. The van der Waals surface area contributed by atoms with E-state index in [1.54, 1.807) is 0 Å². The fourth-order valence-electron chi connectivity index (χ4n) is 1.87. The first-order chi connectivity index (χ1) is 7.25. The molecule has 0 saturated carbocycles. The van der Waals surface area contributed by atoms with Gasteiger partial charge in [-0.15, -0.1) is 0 Å². The molecule has 0 aliphatic carbocycles. The van der Waals surface area contributed by atoms with E-state index in [0.29, 0.717) is 6.04 Å². The Morgan fingerprint density at radius 3 is 2.60 bits per heavy atom. The molecule has 1 saturated heterocycles. The van der Waals surface area contributed by atoms with Crippen LogP contribution in [-0.2, 0) is 0 Å². The van der Waals surface area contributed by atoms with Crippen molar-refractivity contribution in [3.63, 3.8) is 0 Å². The van der Waals surface area contributed by atoms with E-state index in [1.807, 2.05) is 16.9 Å². The van der Waals surface area contributed by atoms with Gasteiger partial charge in [0.15, 0.2) is 7.98 Å². The lowest BCUT2D eigenvalue weighted by Crippen LogP contribution is -2.38. The molecular formula is C11H14BN2Si. The normalized spacial score (nSPS) is 19.0. The van der Waals surface area contributed by atoms with Crippen molar-refractivity contribution in [2.24, 2.45) is 0 Å². The molecule has 2 rings (SSSR count). The smallest absolute Gasteiger partial charge is 0.182 e. The van der Waals surface area contributed by atoms with Crippen LogP contribution in [0, 0.1) is 0 Å². The number of nitrogens with zero attached hydrogens (tertiary/aromatic N) is 1. The molecule has 0 amide bonds. The fraction of sp³-hybridized carbons (Fsp3) is 0.455. The van der Waals surface area contributed by atoms with E-state index in [2.05, 4.69) is 27.7 Å². The van der Waals surface area contributed by atoms with Gasteiger partial charge in [0.2, 0.25) is 0 Å². The van der Waals surface area contributed by atoms with Gasteiger partial charge in [0.1, 0.15) is 0 Å². The quantitative estimate of drug-likeness (QED) is 0.717. The van der Waals surface area contributed by atoms with Crippen molar-refractivity contribution in [3.05, 3.63) is 24.3 Å². The lowest BCUT2D eigenvalue weighted by molar-refractivity contribution is 0.347. The van der Waals surface area contributed by atoms with Gasteiger partial charge in [-0.05, 0) is 37.2 Å². The maximum atomic E-state index is 5.72. The number of hydrogen-bond acceptors (Lipinski definition) is 2. The molecule has 1 aromatic rings. The summed E-state index contributed by atoms with van der Waals surface area (Å²) in [6.07, 6.45) is 2.22. The Balaban J connectivity index is 1.95. The van der Waals surface area contributed by atoms with Crippen LogP contribution in [0.2, 0.25) is 0 Å². The lowest BCUT2D eigenvalue weighted by atomic mass is 10.0. The molecule has 1 aromatic carbocycles. The number of nitrogens with one attached hydrogen (secondary N) is 1. The van der Waals surface area contributed by atoms with E-state index in [0.717, 1.165) is 31.1 Å². The topological polar surface area (TPSA) is 15.3 Å². The van der Waals surface area contributed by atoms with Gasteiger partial charge in [-0.2, -0.15) is 0 Å². The van der Waals surface area contributed by atoms with Crippen molar-refractivity contribution in [2.75, 3.05) is 18.4 Å². The summed E-state index contributed by atoms with van der Waals surface area (Å²) in [5.74, 6) is 0. The molecule has 1 heterocycles. The number of anilines is 1. The molecule has 1 fully saturated rings. The maximum Gasteiger partial charge on any atom is 0.182 e. The van der Waals surface area contributed by atoms with Gasteiger partial charge in [-0.1, -0.05) is 18.2 Å². The molecule has 0 aromatic heterocycles. The minimum atomic E-state index is 0.544. The Labute approximate surface area is 95.9 Å². The average molecular weight is 213 g/mol. The summed E-state index contributed by atoms with van der Waals surface area (Å²) < 4.78 is 0. The molecule has 5 radical (unpaired) electrons. The number of benzene rings is 1. The van der Waals surface area contributed by atoms with Crippen molar-refractivity contribution in [1.82, 2.24) is 4.81 Å². The van der Waals surface area contributed by atoms with Crippen LogP contribution in [0.5, 0.6) is 0 Å². The van der Waals surface area contributed by atoms with E-state index >= 15 is 0 Å². The minimum absolute atomic E-state index is 0.544. The predicted octanol–water partition coefficient (Wildman–Crippen LogP) is 0.440. The first kappa shape index (κ1) is 10.8. The zero-order valence-electron chi connectivity index (χ0n) is 8.74. The number of rotatable bonds is 2. The standard InChI is InChI=1S/C11H14BN2Si/c12-14-7-5-9(6-8-14)13-10-3-1-2-4-11(10)15/h1-4,9,13H,5-8H2. The van der Waals surface area contributed by atoms with E-state index < -0.39 is 0 Å². The lowest BCUT2D eigenvalue weighted by Gasteiger charge is -2.31. The van der Waals surface area contributed by atoms with E-state index in [1.165, 1.54) is 5.69 Å². The molecule has 0 atom stereocenters. The van der Waals surface area contributed by atoms with Crippen molar-refractivity contribution >= 4 is 29.1 Å². The predicted molar refractivity (Wildman–Crippen MR) is 65.8 cm³/mol. The van der Waals surface area contributed by atoms with Crippen LogP contribution in [0.25, 0.3) is 0 Å². The molecule has 0 bridgehead atoms. The first-order valence-corrected chi connectivity index (χ1v) is 5.82. The summed E-state index contributed by atoms with van der Waals surface area (Å²) in [5, 5.41) is 4.66. The van der Waals surface area contributed by atoms with Gasteiger partial charge >= 0.3 is 0 Å². The Morgan fingerprint density at radius 2 is 1.93 bits per heavy atom. The Kier molecular flexibility index (Phi) is 3.49. The Morgan fingerprint density at radius 1 is 1.27 bits per heavy atom. The van der Waals surface area contributed by atoms with Crippen LogP contribution in [0.15, 0.2) is 24.3 Å². The van der Waals surface area contributed by atoms with Gasteiger partial charge in [-0.25, -0.2) is 0 Å². The molecule has 1 aliphatic rings. The number of piperidine rings is 1. The van der Waals surface area contributed by atoms with Crippen LogP contribution in [0.1, 0.15) is 12.8 Å². The highest BCUT2D eigenvalue weighted by Crippen LogP contribution is 2.13. The van der Waals surface area contributed by atoms with E-state index in [-0.39, 0.29) is 0 Å². The van der Waals surface area contributed by atoms with Crippen molar-refractivity contribution in [3.8, 4) is 0 Å². The molecular weight excluding hydrogens is 199 g/mol. The van der Waals surface area contributed by atoms with E-state index in [4.69, 9.17) is 7.98 Å². The van der Waals surface area contributed by atoms with Gasteiger partial charge < -0.3 is 10.1 Å². The third kappa shape index (κ3) is 2.86. The van der Waals surface area contributed by atoms with Crippen LogP contribution in [0.4, 0.5) is 5.69 Å². The molecule has 4 heteroatoms. The SMILES string of the molecule is [B]N1CCC(Nc2ccccc2[Si])CC1. The molecule has 1 aliphatic heterocycles. The fourth-order valence-corrected chi connectivity index (χ4v) is 2.12. The number of hydrogen-bond donors (Lipinski definition) is 1. The molecule has 15 heavy (non-hydrogen) atoms. The molecule has 0 spiro atoms. The summed E-state index contributed by atoms with van der Waals surface area (Å²) in [6, 6.07) is 8.76. The molecule has 0 unspecified atom stereocenters. The Bertz CT molecular complexity index is 324. The van der Waals surface area contributed by atoms with Gasteiger partial charge in [0.05, 0.1) is 10.2 Å². The second-order valence-electron chi connectivity index (χ2n) is 4.00. The van der Waals surface area contributed by atoms with Gasteiger partial charge in [0.25, 0.3) is 0 Å². The summed E-state index contributed by atoms with van der Waals surface area (Å²) in [7, 11) is 9.31. The monoisotopic (exact) mass is 213 g/mol. The van der Waals surface area contributed by atoms with Crippen LogP contribution >= 0.6 is 0 Å². The average Bonchev–Trinajstić information content (AvgIpc) is 2.25. The second kappa shape index (κ2) is 4.86. The number of para-hydroxylation sites is 1. The van der Waals surface area contributed by atoms with Crippen molar-refractivity contribution in [2.45, 2.75) is 18.9 Å². The van der Waals surface area contributed by atoms with Crippen LogP contribution in [0.3, 0.4) is 0 Å². The Hall–Kier alpha value is -0.738. The van der Waals surface area contributed by atoms with Crippen molar-refractivity contribution in [1.29, 1.82) is 0 Å². The first-order valence-electron chi connectivity index (χ1n) is 5.32. The zero-order chi connectivity index (χ0) is 10.7. The zero-order valence-corrected chi connectivity index (χ0v) is 9.74. The van der Waals surface area contributed by atoms with Gasteiger partial charge in [0, 0.05) is 11.7 Å². The van der Waals surface area contributed by atoms with Crippen LogP contribution < -0.4 is 10.5 Å². The molecule has 1 N–H and O–H groups in total. The highest BCUT2D eigenvalue weighted by atomic mass is 28.1. The van der Waals surface area contributed by atoms with E-state index in [9.17, 15) is 0 Å². The van der Waals surface area contributed by atoms with Crippen molar-refractivity contribution < 1.29 is 0 Å². The highest BCUT2D eigenvalue weighted by molar-refractivity contribution is 6.35. The van der Waals surface area contributed by atoms with Crippen LogP contribution in [-0.4, -0.2) is 42.2 Å². The highest BCUT2D eigenvalue weighted by Gasteiger charge is 2.16. The second-order valence-corrected chi connectivity index (χ2v) is 4.54. The summed E-state index contributed by atoms with van der Waals surface area (Å²) >= 11 is 0. The third-order valence-corrected chi connectivity index (χ3v) is 3.25. The summed E-state index contributed by atoms with van der Waals surface area (Å²) in [4.78, 5) is 1.89.